The Labute approximate surface area is 226 Å². The van der Waals surface area contributed by atoms with Gasteiger partial charge in [0.2, 0.25) is 0 Å². The highest BCUT2D eigenvalue weighted by atomic mass is 19.1. The second-order valence-electron chi connectivity index (χ2n) is 10.5. The van der Waals surface area contributed by atoms with Gasteiger partial charge in [-0.2, -0.15) is 0 Å². The number of nitrogens with zero attached hydrogens (tertiary/aromatic N) is 4. The lowest BCUT2D eigenvalue weighted by Crippen LogP contribution is -2.36. The van der Waals surface area contributed by atoms with Crippen molar-refractivity contribution in [1.82, 2.24) is 30.3 Å². The highest BCUT2D eigenvalue weighted by Crippen LogP contribution is 2.38. The number of nitrogens with one attached hydrogen (secondary N) is 2. The quantitative estimate of drug-likeness (QED) is 0.333. The van der Waals surface area contributed by atoms with Gasteiger partial charge < -0.3 is 19.7 Å². The van der Waals surface area contributed by atoms with E-state index in [1.165, 1.54) is 17.4 Å². The first-order chi connectivity index (χ1) is 18.8. The van der Waals surface area contributed by atoms with E-state index in [1.54, 1.807) is 38.4 Å². The molecule has 0 radical (unpaired) electrons. The molecular weight excluding hydrogens is 499 g/mol. The fraction of sp³-hybridized carbons (Fsp3) is 0.414. The van der Waals surface area contributed by atoms with Crippen LogP contribution in [-0.4, -0.2) is 50.9 Å². The summed E-state index contributed by atoms with van der Waals surface area (Å²) in [5, 5.41) is 7.07. The van der Waals surface area contributed by atoms with Crippen molar-refractivity contribution in [1.29, 1.82) is 0 Å². The molecule has 1 aromatic carbocycles. The lowest BCUT2D eigenvalue weighted by Gasteiger charge is -2.32. The van der Waals surface area contributed by atoms with Crippen molar-refractivity contribution in [2.75, 3.05) is 14.1 Å². The third-order valence-corrected chi connectivity index (χ3v) is 7.65. The van der Waals surface area contributed by atoms with Crippen molar-refractivity contribution in [3.05, 3.63) is 65.2 Å². The Morgan fingerprint density at radius 2 is 1.95 bits per heavy atom. The number of carbonyl (C=O) groups is 2. The third kappa shape index (κ3) is 5.15. The van der Waals surface area contributed by atoms with Crippen LogP contribution >= 0.6 is 0 Å². The average Bonchev–Trinajstić information content (AvgIpc) is 3.60. The predicted molar refractivity (Wildman–Crippen MR) is 145 cm³/mol. The summed E-state index contributed by atoms with van der Waals surface area (Å²) in [5.41, 5.74) is 2.37. The molecule has 3 aromatic heterocycles. The van der Waals surface area contributed by atoms with Crippen LogP contribution < -0.4 is 5.32 Å². The van der Waals surface area contributed by atoms with Crippen LogP contribution in [0.2, 0.25) is 0 Å². The number of carbonyl (C=O) groups excluding carboxylic acids is 2. The van der Waals surface area contributed by atoms with Crippen LogP contribution in [0.15, 0.2) is 41.2 Å². The first kappa shape index (κ1) is 26.5. The minimum absolute atomic E-state index is 0.137. The first-order valence-electron chi connectivity index (χ1n) is 13.4. The fourth-order valence-electron chi connectivity index (χ4n) is 5.37. The van der Waals surface area contributed by atoms with Crippen LogP contribution in [0.5, 0.6) is 0 Å². The largest absolute Gasteiger partial charge is 0.364 e. The number of aromatic nitrogens is 4. The van der Waals surface area contributed by atoms with Crippen LogP contribution in [0.3, 0.4) is 0 Å². The van der Waals surface area contributed by atoms with Gasteiger partial charge in [-0.1, -0.05) is 31.8 Å². The summed E-state index contributed by atoms with van der Waals surface area (Å²) in [6.07, 6.45) is 7.40. The molecule has 3 heterocycles. The van der Waals surface area contributed by atoms with Gasteiger partial charge in [0.15, 0.2) is 5.82 Å². The molecule has 10 heteroatoms. The number of hydrogen-bond donors (Lipinski definition) is 2. The minimum Gasteiger partial charge on any atom is -0.364 e. The van der Waals surface area contributed by atoms with Crippen LogP contribution in [0.25, 0.3) is 22.3 Å². The molecule has 4 aromatic rings. The molecule has 1 aliphatic rings. The Morgan fingerprint density at radius 1 is 1.18 bits per heavy atom. The Morgan fingerprint density at radius 3 is 2.67 bits per heavy atom. The van der Waals surface area contributed by atoms with Crippen LogP contribution in [0.4, 0.5) is 4.39 Å². The number of imidazole rings is 1. The molecule has 1 saturated carbocycles. The van der Waals surface area contributed by atoms with Gasteiger partial charge in [0, 0.05) is 25.9 Å². The second kappa shape index (κ2) is 11.0. The Hall–Kier alpha value is -4.08. The van der Waals surface area contributed by atoms with Crippen molar-refractivity contribution in [2.24, 2.45) is 11.8 Å². The van der Waals surface area contributed by atoms with Gasteiger partial charge in [-0.05, 0) is 55.4 Å². The van der Waals surface area contributed by atoms with E-state index in [4.69, 9.17) is 4.52 Å². The van der Waals surface area contributed by atoms with Crippen molar-refractivity contribution >= 4 is 22.8 Å². The van der Waals surface area contributed by atoms with E-state index in [9.17, 15) is 9.59 Å². The Balaban J connectivity index is 1.54. The third-order valence-electron chi connectivity index (χ3n) is 7.65. The molecule has 2 amide bonds. The standard InChI is InChI=1S/C29H33FN6O3/c1-5-21-20(15-39-35-21)28(37)34-24(17-10-8-16(2)9-11-17)27-32-22-13-12-18(23(30)26(22)33-27)25-19(7-6-14-31-25)29(38)36(3)4/h6-7,12-17,24H,5,8-11H2,1-4H3,(H,32,33)(H,34,37)/t16-,17-,24-/m0/s1. The number of H-pyrrole nitrogens is 1. The number of rotatable bonds is 7. The van der Waals surface area contributed by atoms with Crippen molar-refractivity contribution < 1.29 is 18.5 Å². The summed E-state index contributed by atoms with van der Waals surface area (Å²) < 4.78 is 21.0. The summed E-state index contributed by atoms with van der Waals surface area (Å²) >= 11 is 0. The summed E-state index contributed by atoms with van der Waals surface area (Å²) in [5.74, 6) is 0.118. The van der Waals surface area contributed by atoms with Gasteiger partial charge in [-0.25, -0.2) is 9.37 Å². The van der Waals surface area contributed by atoms with Crippen LogP contribution in [0, 0.1) is 17.7 Å². The molecule has 2 N–H and O–H groups in total. The molecule has 5 rings (SSSR count). The monoisotopic (exact) mass is 532 g/mol. The second-order valence-corrected chi connectivity index (χ2v) is 10.5. The van der Waals surface area contributed by atoms with Gasteiger partial charge in [0.1, 0.15) is 23.2 Å². The highest BCUT2D eigenvalue weighted by molar-refractivity contribution is 6.00. The smallest absolute Gasteiger partial charge is 0.257 e. The predicted octanol–water partition coefficient (Wildman–Crippen LogP) is 5.31. The van der Waals surface area contributed by atoms with Crippen LogP contribution in [-0.2, 0) is 6.42 Å². The Kier molecular flexibility index (Phi) is 7.45. The maximum absolute atomic E-state index is 16.0. The normalized spacial score (nSPS) is 18.2. The number of aryl methyl sites for hydroxylation is 1. The van der Waals surface area contributed by atoms with E-state index in [0.717, 1.165) is 25.7 Å². The zero-order valence-electron chi connectivity index (χ0n) is 22.6. The lowest BCUT2D eigenvalue weighted by atomic mass is 9.79. The van der Waals surface area contributed by atoms with Crippen LogP contribution in [0.1, 0.15) is 77.8 Å². The van der Waals surface area contributed by atoms with E-state index in [1.807, 2.05) is 6.92 Å². The molecule has 39 heavy (non-hydrogen) atoms. The summed E-state index contributed by atoms with van der Waals surface area (Å²) in [7, 11) is 3.28. The van der Waals surface area contributed by atoms with E-state index in [-0.39, 0.29) is 34.5 Å². The Bertz CT molecular complexity index is 1500. The van der Waals surface area contributed by atoms with Crippen molar-refractivity contribution in [3.8, 4) is 11.3 Å². The van der Waals surface area contributed by atoms with Gasteiger partial charge in [-0.15, -0.1) is 0 Å². The van der Waals surface area contributed by atoms with E-state index in [0.29, 0.717) is 40.5 Å². The number of hydrogen-bond acceptors (Lipinski definition) is 6. The molecule has 1 atom stereocenters. The maximum atomic E-state index is 16.0. The van der Waals surface area contributed by atoms with Gasteiger partial charge >= 0.3 is 0 Å². The molecule has 1 fully saturated rings. The summed E-state index contributed by atoms with van der Waals surface area (Å²) in [6, 6.07) is 6.19. The number of amides is 2. The summed E-state index contributed by atoms with van der Waals surface area (Å²) in [6.45, 7) is 4.15. The lowest BCUT2D eigenvalue weighted by molar-refractivity contribution is 0.0827. The molecule has 0 aliphatic heterocycles. The topological polar surface area (TPSA) is 117 Å². The van der Waals surface area contributed by atoms with Crippen molar-refractivity contribution in [2.45, 2.75) is 52.0 Å². The summed E-state index contributed by atoms with van der Waals surface area (Å²) in [4.78, 5) is 39.7. The first-order valence-corrected chi connectivity index (χ1v) is 13.4. The average molecular weight is 533 g/mol. The fourth-order valence-corrected chi connectivity index (χ4v) is 5.37. The number of pyridine rings is 1. The SMILES string of the molecule is CCc1nocc1C(=O)N[C@H](c1nc2c(F)c(-c3ncccc3C(=O)N(C)C)ccc2[nH]1)[C@H]1CC[C@H](C)CC1. The molecule has 0 saturated heterocycles. The number of fused-ring (bicyclic) bond motifs is 1. The number of halogens is 1. The number of aromatic amines is 1. The molecule has 9 nitrogen and oxygen atoms in total. The van der Waals surface area contributed by atoms with Crippen molar-refractivity contribution in [3.63, 3.8) is 0 Å². The molecule has 0 unspecified atom stereocenters. The maximum Gasteiger partial charge on any atom is 0.257 e. The minimum atomic E-state index is -0.573. The molecule has 0 bridgehead atoms. The van der Waals surface area contributed by atoms with E-state index < -0.39 is 11.9 Å². The molecule has 0 spiro atoms. The zero-order valence-corrected chi connectivity index (χ0v) is 22.6. The van der Waals surface area contributed by atoms with E-state index >= 15 is 4.39 Å². The van der Waals surface area contributed by atoms with Gasteiger partial charge in [-0.3, -0.25) is 14.6 Å². The zero-order chi connectivity index (χ0) is 27.7. The molecule has 1 aliphatic carbocycles. The van der Waals surface area contributed by atoms with Gasteiger partial charge in [0.25, 0.3) is 11.8 Å². The van der Waals surface area contributed by atoms with Gasteiger partial charge in [0.05, 0.1) is 28.5 Å². The number of benzene rings is 1. The molecule has 204 valence electrons. The highest BCUT2D eigenvalue weighted by Gasteiger charge is 2.32. The molecular formula is C29H33FN6O3. The van der Waals surface area contributed by atoms with E-state index in [2.05, 4.69) is 32.3 Å².